The Kier molecular flexibility index (Phi) is 6.73. The van der Waals surface area contributed by atoms with Gasteiger partial charge in [0.1, 0.15) is 5.69 Å². The predicted octanol–water partition coefficient (Wildman–Crippen LogP) is 3.15. The number of carbonyl (C=O) groups is 2. The first-order valence-corrected chi connectivity index (χ1v) is 11.1. The summed E-state index contributed by atoms with van der Waals surface area (Å²) in [5.74, 6) is -0.198. The summed E-state index contributed by atoms with van der Waals surface area (Å²) in [6.45, 7) is 4.74. The van der Waals surface area contributed by atoms with E-state index in [9.17, 15) is 9.59 Å². The van der Waals surface area contributed by atoms with Gasteiger partial charge in [-0.1, -0.05) is 37.3 Å². The molecule has 2 atom stereocenters. The number of hydrogen-bond acceptors (Lipinski definition) is 4. The van der Waals surface area contributed by atoms with Crippen LogP contribution in [0.5, 0.6) is 0 Å². The first-order valence-electron chi connectivity index (χ1n) is 11.1. The number of aromatic nitrogens is 1. The monoisotopic (exact) mass is 425 g/mol. The SMILES string of the molecule is CC[C@@H](NC(=O)c1cc(C(=O)N2CCC[C@@H]2COC)n2c1COCC2)c1ccccc1. The summed E-state index contributed by atoms with van der Waals surface area (Å²) in [6, 6.07) is 11.7. The number of amides is 2. The van der Waals surface area contributed by atoms with E-state index in [1.54, 1.807) is 13.2 Å². The maximum absolute atomic E-state index is 13.4. The molecule has 7 heteroatoms. The van der Waals surface area contributed by atoms with Crippen molar-refractivity contribution in [3.05, 3.63) is 58.9 Å². The van der Waals surface area contributed by atoms with Gasteiger partial charge in [-0.3, -0.25) is 9.59 Å². The maximum Gasteiger partial charge on any atom is 0.270 e. The highest BCUT2D eigenvalue weighted by molar-refractivity contribution is 6.01. The van der Waals surface area contributed by atoms with Crippen LogP contribution in [-0.4, -0.2) is 54.2 Å². The number of ether oxygens (including phenoxy) is 2. The van der Waals surface area contributed by atoms with E-state index in [0.717, 1.165) is 37.1 Å². The Morgan fingerprint density at radius 3 is 2.81 bits per heavy atom. The molecule has 0 aliphatic carbocycles. The molecular formula is C24H31N3O4. The standard InChI is InChI=1S/C24H31N3O4/c1-3-20(17-8-5-4-6-9-17)25-23(28)19-14-21(27-12-13-31-16-22(19)27)24(29)26-11-7-10-18(26)15-30-2/h4-6,8-9,14,18,20H,3,7,10-13,15-16H2,1-2H3,(H,25,28)/t18-,20-/m1/s1. The van der Waals surface area contributed by atoms with Gasteiger partial charge in [0.05, 0.1) is 43.2 Å². The number of likely N-dealkylation sites (tertiary alicyclic amines) is 1. The van der Waals surface area contributed by atoms with E-state index >= 15 is 0 Å². The molecule has 4 rings (SSSR count). The van der Waals surface area contributed by atoms with Crippen molar-refractivity contribution in [2.24, 2.45) is 0 Å². The van der Waals surface area contributed by atoms with Crippen molar-refractivity contribution < 1.29 is 19.1 Å². The number of rotatable bonds is 7. The first kappa shape index (κ1) is 21.6. The molecule has 1 N–H and O–H groups in total. The number of nitrogens with one attached hydrogen (secondary N) is 1. The molecule has 1 aromatic carbocycles. The van der Waals surface area contributed by atoms with E-state index in [4.69, 9.17) is 9.47 Å². The summed E-state index contributed by atoms with van der Waals surface area (Å²) in [6.07, 6.45) is 2.69. The minimum atomic E-state index is -0.168. The molecular weight excluding hydrogens is 394 g/mol. The van der Waals surface area contributed by atoms with E-state index in [1.165, 1.54) is 0 Å². The van der Waals surface area contributed by atoms with Crippen LogP contribution >= 0.6 is 0 Å². The Labute approximate surface area is 183 Å². The molecule has 1 saturated heterocycles. The molecule has 0 spiro atoms. The third-order valence-corrected chi connectivity index (χ3v) is 6.28. The number of hydrogen-bond donors (Lipinski definition) is 1. The quantitative estimate of drug-likeness (QED) is 0.740. The maximum atomic E-state index is 13.4. The minimum Gasteiger partial charge on any atom is -0.383 e. The van der Waals surface area contributed by atoms with Crippen LogP contribution in [0.25, 0.3) is 0 Å². The van der Waals surface area contributed by atoms with Gasteiger partial charge >= 0.3 is 0 Å². The Morgan fingerprint density at radius 1 is 1.26 bits per heavy atom. The van der Waals surface area contributed by atoms with Gasteiger partial charge in [-0.2, -0.15) is 0 Å². The van der Waals surface area contributed by atoms with E-state index < -0.39 is 0 Å². The van der Waals surface area contributed by atoms with Crippen LogP contribution in [0.3, 0.4) is 0 Å². The highest BCUT2D eigenvalue weighted by Crippen LogP contribution is 2.27. The van der Waals surface area contributed by atoms with Crippen LogP contribution in [-0.2, 0) is 22.6 Å². The van der Waals surface area contributed by atoms with E-state index in [2.05, 4.69) is 12.2 Å². The van der Waals surface area contributed by atoms with Gasteiger partial charge in [-0.25, -0.2) is 0 Å². The molecule has 2 amide bonds. The molecule has 2 aliphatic rings. The predicted molar refractivity (Wildman–Crippen MR) is 117 cm³/mol. The third kappa shape index (κ3) is 4.38. The van der Waals surface area contributed by atoms with Gasteiger partial charge in [0.15, 0.2) is 0 Å². The molecule has 1 aromatic heterocycles. The lowest BCUT2D eigenvalue weighted by molar-refractivity contribution is 0.0591. The van der Waals surface area contributed by atoms with Gasteiger partial charge < -0.3 is 24.3 Å². The molecule has 7 nitrogen and oxygen atoms in total. The fraction of sp³-hybridized carbons (Fsp3) is 0.500. The molecule has 2 aliphatic heterocycles. The Hall–Kier alpha value is -2.64. The molecule has 0 saturated carbocycles. The zero-order valence-corrected chi connectivity index (χ0v) is 18.3. The average molecular weight is 426 g/mol. The topological polar surface area (TPSA) is 72.8 Å². The molecule has 166 valence electrons. The highest BCUT2D eigenvalue weighted by atomic mass is 16.5. The zero-order chi connectivity index (χ0) is 21.8. The second kappa shape index (κ2) is 9.66. The summed E-state index contributed by atoms with van der Waals surface area (Å²) < 4.78 is 12.9. The van der Waals surface area contributed by atoms with Crippen LogP contribution in [0, 0.1) is 0 Å². The minimum absolute atomic E-state index is 0.0307. The van der Waals surface area contributed by atoms with Crippen LogP contribution in [0.1, 0.15) is 64.3 Å². The summed E-state index contributed by atoms with van der Waals surface area (Å²) in [4.78, 5) is 28.6. The summed E-state index contributed by atoms with van der Waals surface area (Å²) >= 11 is 0. The molecule has 1 fully saturated rings. The van der Waals surface area contributed by atoms with Crippen molar-refractivity contribution in [2.75, 3.05) is 26.9 Å². The fourth-order valence-electron chi connectivity index (χ4n) is 4.66. The van der Waals surface area contributed by atoms with E-state index in [-0.39, 0.29) is 23.9 Å². The summed E-state index contributed by atoms with van der Waals surface area (Å²) in [5.41, 5.74) is 2.94. The fourth-order valence-corrected chi connectivity index (χ4v) is 4.66. The highest BCUT2D eigenvalue weighted by Gasteiger charge is 2.34. The smallest absolute Gasteiger partial charge is 0.270 e. The van der Waals surface area contributed by atoms with Gasteiger partial charge in [-0.05, 0) is 30.9 Å². The Bertz CT molecular complexity index is 924. The van der Waals surface area contributed by atoms with Gasteiger partial charge in [-0.15, -0.1) is 0 Å². The zero-order valence-electron chi connectivity index (χ0n) is 18.3. The Balaban J connectivity index is 1.61. The molecule has 0 bridgehead atoms. The molecule has 2 aromatic rings. The second-order valence-corrected chi connectivity index (χ2v) is 8.19. The molecule has 3 heterocycles. The lowest BCUT2D eigenvalue weighted by Gasteiger charge is -2.26. The van der Waals surface area contributed by atoms with Crippen LogP contribution in [0.2, 0.25) is 0 Å². The van der Waals surface area contributed by atoms with Crippen LogP contribution in [0.15, 0.2) is 36.4 Å². The summed E-state index contributed by atoms with van der Waals surface area (Å²) in [7, 11) is 1.66. The lowest BCUT2D eigenvalue weighted by Crippen LogP contribution is -2.39. The van der Waals surface area contributed by atoms with Gasteiger partial charge in [0.25, 0.3) is 11.8 Å². The van der Waals surface area contributed by atoms with Crippen molar-refractivity contribution in [2.45, 2.75) is 51.4 Å². The number of nitrogens with zero attached hydrogens (tertiary/aromatic N) is 2. The summed E-state index contributed by atoms with van der Waals surface area (Å²) in [5, 5.41) is 3.15. The molecule has 0 radical (unpaired) electrons. The second-order valence-electron chi connectivity index (χ2n) is 8.19. The van der Waals surface area contributed by atoms with E-state index in [1.807, 2.05) is 39.8 Å². The van der Waals surface area contributed by atoms with Crippen LogP contribution in [0.4, 0.5) is 0 Å². The van der Waals surface area contributed by atoms with Gasteiger partial charge in [0.2, 0.25) is 0 Å². The number of fused-ring (bicyclic) bond motifs is 1. The van der Waals surface area contributed by atoms with Crippen molar-refractivity contribution >= 4 is 11.8 Å². The first-order chi connectivity index (χ1) is 15.1. The molecule has 31 heavy (non-hydrogen) atoms. The van der Waals surface area contributed by atoms with Gasteiger partial charge in [0, 0.05) is 20.2 Å². The van der Waals surface area contributed by atoms with Crippen molar-refractivity contribution in [3.8, 4) is 0 Å². The molecule has 0 unspecified atom stereocenters. The number of carbonyl (C=O) groups excluding carboxylic acids is 2. The largest absolute Gasteiger partial charge is 0.383 e. The van der Waals surface area contributed by atoms with Crippen molar-refractivity contribution in [1.82, 2.24) is 14.8 Å². The number of methoxy groups -OCH3 is 1. The van der Waals surface area contributed by atoms with Crippen LogP contribution < -0.4 is 5.32 Å². The van der Waals surface area contributed by atoms with Crippen molar-refractivity contribution in [3.63, 3.8) is 0 Å². The number of benzene rings is 1. The average Bonchev–Trinajstić information content (AvgIpc) is 3.43. The lowest BCUT2D eigenvalue weighted by atomic mass is 10.0. The normalized spacial score (nSPS) is 19.2. The third-order valence-electron chi connectivity index (χ3n) is 6.28. The Morgan fingerprint density at radius 2 is 2.06 bits per heavy atom. The van der Waals surface area contributed by atoms with E-state index in [0.29, 0.717) is 37.6 Å². The van der Waals surface area contributed by atoms with Crippen molar-refractivity contribution in [1.29, 1.82) is 0 Å².